The number of urea groups is 1. The monoisotopic (exact) mass is 340 g/mol. The Morgan fingerprint density at radius 2 is 1.84 bits per heavy atom. The number of amides is 2. The second kappa shape index (κ2) is 5.23. The molecule has 4 heteroatoms. The molecule has 0 aromatic heterocycles. The van der Waals surface area contributed by atoms with E-state index in [1.54, 1.807) is 0 Å². The molecule has 1 heterocycles. The van der Waals surface area contributed by atoms with Crippen LogP contribution in [0.25, 0.3) is 0 Å². The van der Waals surface area contributed by atoms with E-state index in [4.69, 9.17) is 0 Å². The van der Waals surface area contributed by atoms with Crippen molar-refractivity contribution in [3.05, 3.63) is 35.9 Å². The van der Waals surface area contributed by atoms with Gasteiger partial charge in [0.2, 0.25) is 0 Å². The normalized spacial score (nSPS) is 45.0. The summed E-state index contributed by atoms with van der Waals surface area (Å²) in [5, 5.41) is 14.7. The van der Waals surface area contributed by atoms with E-state index < -0.39 is 5.60 Å². The molecule has 4 bridgehead atoms. The maximum Gasteiger partial charge on any atom is 0.318 e. The zero-order valence-corrected chi connectivity index (χ0v) is 14.9. The number of carbonyl (C=O) groups excluding carboxylic acids is 1. The molecule has 4 aliphatic carbocycles. The van der Waals surface area contributed by atoms with Crippen LogP contribution in [0.5, 0.6) is 0 Å². The van der Waals surface area contributed by atoms with Gasteiger partial charge in [0.15, 0.2) is 0 Å². The first kappa shape index (κ1) is 15.7. The molecule has 134 valence electrons. The lowest BCUT2D eigenvalue weighted by Crippen LogP contribution is -2.66. The Labute approximate surface area is 149 Å². The summed E-state index contributed by atoms with van der Waals surface area (Å²) >= 11 is 0. The van der Waals surface area contributed by atoms with Crippen molar-refractivity contribution in [2.45, 2.75) is 62.6 Å². The molecule has 25 heavy (non-hydrogen) atoms. The highest BCUT2D eigenvalue weighted by Crippen LogP contribution is 2.57. The minimum Gasteiger partial charge on any atom is -0.388 e. The van der Waals surface area contributed by atoms with Gasteiger partial charge in [-0.25, -0.2) is 4.79 Å². The Balaban J connectivity index is 1.48. The minimum atomic E-state index is -0.660. The van der Waals surface area contributed by atoms with Gasteiger partial charge in [0.25, 0.3) is 0 Å². The number of nitrogens with one attached hydrogen (secondary N) is 1. The predicted molar refractivity (Wildman–Crippen MR) is 95.9 cm³/mol. The summed E-state index contributed by atoms with van der Waals surface area (Å²) in [6.07, 6.45) is 6.31. The third-order valence-electron chi connectivity index (χ3n) is 7.53. The smallest absolute Gasteiger partial charge is 0.318 e. The first-order valence-corrected chi connectivity index (χ1v) is 9.90. The van der Waals surface area contributed by atoms with Crippen LogP contribution in [0.4, 0.5) is 4.79 Å². The number of nitrogens with zero attached hydrogens (tertiary/aromatic N) is 1. The molecular formula is C21H28N2O2. The van der Waals surface area contributed by atoms with Crippen molar-refractivity contribution in [3.63, 3.8) is 0 Å². The summed E-state index contributed by atoms with van der Waals surface area (Å²) in [5.41, 5.74) is 0.180. The van der Waals surface area contributed by atoms with Gasteiger partial charge < -0.3 is 15.3 Å². The summed E-state index contributed by atoms with van der Waals surface area (Å²) in [7, 11) is 0. The highest BCUT2D eigenvalue weighted by Gasteiger charge is 2.61. The molecule has 6 rings (SSSR count). The molecule has 4 nitrogen and oxygen atoms in total. The third kappa shape index (κ3) is 2.19. The lowest BCUT2D eigenvalue weighted by Gasteiger charge is -2.60. The van der Waals surface area contributed by atoms with Gasteiger partial charge in [-0.1, -0.05) is 37.3 Å². The van der Waals surface area contributed by atoms with Crippen LogP contribution in [0.2, 0.25) is 0 Å². The molecule has 2 N–H and O–H groups in total. The van der Waals surface area contributed by atoms with Crippen LogP contribution in [0, 0.1) is 17.8 Å². The molecule has 5 aliphatic rings. The van der Waals surface area contributed by atoms with E-state index in [0.717, 1.165) is 19.3 Å². The van der Waals surface area contributed by atoms with Gasteiger partial charge in [-0.3, -0.25) is 0 Å². The van der Waals surface area contributed by atoms with Gasteiger partial charge in [-0.15, -0.1) is 0 Å². The molecule has 3 unspecified atom stereocenters. The number of rotatable bonds is 3. The second-order valence-corrected chi connectivity index (χ2v) is 9.02. The summed E-state index contributed by atoms with van der Waals surface area (Å²) in [6, 6.07) is 10.3. The molecule has 0 spiro atoms. The molecule has 0 radical (unpaired) electrons. The van der Waals surface area contributed by atoms with Crippen molar-refractivity contribution in [2.75, 3.05) is 6.54 Å². The standard InChI is InChI=1S/C21H28N2O2/c1-2-20(17-6-4-3-5-7-17)13-23(19(24)22-20)18-16-9-14-8-15(10-16)12-21(18,25)11-14/h3-7,14-16,18,25H,2,8-13H2,1H3,(H,22,24)/t14?,15?,16?,18?,20-,21?/m1/s1. The van der Waals surface area contributed by atoms with Crippen LogP contribution in [-0.4, -0.2) is 34.2 Å². The minimum absolute atomic E-state index is 0.00237. The maximum atomic E-state index is 13.0. The van der Waals surface area contributed by atoms with Crippen molar-refractivity contribution in [3.8, 4) is 0 Å². The first-order valence-electron chi connectivity index (χ1n) is 9.90. The number of aliphatic hydroxyl groups is 1. The Morgan fingerprint density at radius 3 is 2.44 bits per heavy atom. The number of hydrogen-bond donors (Lipinski definition) is 2. The molecule has 1 saturated heterocycles. The van der Waals surface area contributed by atoms with Crippen LogP contribution < -0.4 is 5.32 Å². The molecule has 5 fully saturated rings. The molecule has 4 saturated carbocycles. The zero-order valence-electron chi connectivity index (χ0n) is 14.9. The lowest BCUT2D eigenvalue weighted by molar-refractivity contribution is -0.171. The van der Waals surface area contributed by atoms with Gasteiger partial charge in [0.05, 0.1) is 23.7 Å². The van der Waals surface area contributed by atoms with Crippen molar-refractivity contribution in [2.24, 2.45) is 17.8 Å². The maximum absolute atomic E-state index is 13.0. The van der Waals surface area contributed by atoms with Crippen molar-refractivity contribution >= 4 is 6.03 Å². The van der Waals surface area contributed by atoms with Crippen LogP contribution in [-0.2, 0) is 5.54 Å². The highest BCUT2D eigenvalue weighted by molar-refractivity contribution is 5.79. The van der Waals surface area contributed by atoms with E-state index in [0.29, 0.717) is 24.3 Å². The fourth-order valence-corrected chi connectivity index (χ4v) is 6.74. The van der Waals surface area contributed by atoms with Crippen LogP contribution in [0.15, 0.2) is 30.3 Å². The van der Waals surface area contributed by atoms with Crippen molar-refractivity contribution in [1.82, 2.24) is 10.2 Å². The van der Waals surface area contributed by atoms with E-state index in [1.807, 2.05) is 23.1 Å². The Kier molecular flexibility index (Phi) is 3.28. The van der Waals surface area contributed by atoms with E-state index in [9.17, 15) is 9.90 Å². The topological polar surface area (TPSA) is 52.6 Å². The van der Waals surface area contributed by atoms with Gasteiger partial charge in [0, 0.05) is 0 Å². The Bertz CT molecular complexity index is 676. The van der Waals surface area contributed by atoms with Gasteiger partial charge in [0.1, 0.15) is 0 Å². The van der Waals surface area contributed by atoms with Crippen LogP contribution in [0.1, 0.15) is 51.0 Å². The van der Waals surface area contributed by atoms with Crippen molar-refractivity contribution in [1.29, 1.82) is 0 Å². The largest absolute Gasteiger partial charge is 0.388 e. The van der Waals surface area contributed by atoms with Crippen LogP contribution in [0.3, 0.4) is 0 Å². The molecule has 1 aliphatic heterocycles. The summed E-state index contributed by atoms with van der Waals surface area (Å²) in [4.78, 5) is 15.0. The number of benzene rings is 1. The average Bonchev–Trinajstić information content (AvgIpc) is 2.92. The average molecular weight is 340 g/mol. The highest BCUT2D eigenvalue weighted by atomic mass is 16.3. The van der Waals surface area contributed by atoms with Crippen LogP contribution >= 0.6 is 0 Å². The lowest BCUT2D eigenvalue weighted by atomic mass is 9.51. The fraction of sp³-hybridized carbons (Fsp3) is 0.667. The molecule has 2 amide bonds. The zero-order chi connectivity index (χ0) is 17.2. The quantitative estimate of drug-likeness (QED) is 0.887. The molecular weight excluding hydrogens is 312 g/mol. The van der Waals surface area contributed by atoms with E-state index >= 15 is 0 Å². The molecule has 1 aromatic rings. The van der Waals surface area contributed by atoms with E-state index in [-0.39, 0.29) is 17.6 Å². The third-order valence-corrected chi connectivity index (χ3v) is 7.53. The summed E-state index contributed by atoms with van der Waals surface area (Å²) in [5.74, 6) is 1.83. The van der Waals surface area contributed by atoms with Gasteiger partial charge in [-0.2, -0.15) is 0 Å². The van der Waals surface area contributed by atoms with E-state index in [2.05, 4.69) is 24.4 Å². The summed E-state index contributed by atoms with van der Waals surface area (Å²) < 4.78 is 0. The van der Waals surface area contributed by atoms with Gasteiger partial charge in [-0.05, 0) is 61.8 Å². The molecule has 1 aromatic carbocycles. The van der Waals surface area contributed by atoms with E-state index in [1.165, 1.54) is 24.8 Å². The number of hydrogen-bond acceptors (Lipinski definition) is 2. The van der Waals surface area contributed by atoms with Gasteiger partial charge >= 0.3 is 6.03 Å². The Morgan fingerprint density at radius 1 is 1.16 bits per heavy atom. The predicted octanol–water partition coefficient (Wildman–Crippen LogP) is 3.26. The number of carbonyl (C=O) groups is 1. The SMILES string of the molecule is CC[C@]1(c2ccccc2)CN(C2C3CC4CC(C3)CC2(O)C4)C(=O)N1. The fourth-order valence-electron chi connectivity index (χ4n) is 6.74. The first-order chi connectivity index (χ1) is 12.0. The molecule has 4 atom stereocenters. The van der Waals surface area contributed by atoms with Crippen molar-refractivity contribution < 1.29 is 9.90 Å². The second-order valence-electron chi connectivity index (χ2n) is 9.02. The Hall–Kier alpha value is -1.55. The summed E-state index contributed by atoms with van der Waals surface area (Å²) in [6.45, 7) is 2.81.